The molecule has 0 radical (unpaired) electrons. The molecule has 0 heterocycles. The lowest BCUT2D eigenvalue weighted by Crippen LogP contribution is -2.41. The Labute approximate surface area is 60.8 Å². The average molecular weight is 146 g/mol. The molecule has 0 aromatic rings. The summed E-state index contributed by atoms with van der Waals surface area (Å²) in [5.41, 5.74) is 9.20. The van der Waals surface area contributed by atoms with Gasteiger partial charge in [-0.3, -0.25) is 0 Å². The zero-order valence-corrected chi connectivity index (χ0v) is 6.15. The summed E-state index contributed by atoms with van der Waals surface area (Å²) in [5.74, 6) is 0.567. The fourth-order valence-corrected chi connectivity index (χ4v) is 1.09. The second-order valence-electron chi connectivity index (χ2n) is 3.21. The first-order valence-corrected chi connectivity index (χ1v) is 3.79. The van der Waals surface area contributed by atoms with Crippen molar-refractivity contribution in [2.45, 2.75) is 24.9 Å². The Hall–Kier alpha value is -0.150. The van der Waals surface area contributed by atoms with Gasteiger partial charge in [0.05, 0.1) is 0 Å². The summed E-state index contributed by atoms with van der Waals surface area (Å²) < 4.78 is 13.3. The van der Waals surface area contributed by atoms with Gasteiger partial charge >= 0.3 is 0 Å². The summed E-state index contributed by atoms with van der Waals surface area (Å²) >= 11 is 0. The first kappa shape index (κ1) is 7.95. The Balaban J connectivity index is 2.29. The molecule has 3 heteroatoms. The molecule has 2 nitrogen and oxygen atoms in total. The minimum atomic E-state index is -1.28. The molecule has 0 bridgehead atoms. The third-order valence-electron chi connectivity index (χ3n) is 2.08. The standard InChI is InChI=1S/C7H15FN2/c8-7(4-9,5-10)3-6-1-2-6/h6H,1-5,9-10H2. The molecule has 1 saturated carbocycles. The van der Waals surface area contributed by atoms with Crippen molar-refractivity contribution in [1.29, 1.82) is 0 Å². The molecule has 0 aromatic heterocycles. The monoisotopic (exact) mass is 146 g/mol. The second kappa shape index (κ2) is 2.84. The van der Waals surface area contributed by atoms with Crippen LogP contribution in [0.25, 0.3) is 0 Å². The van der Waals surface area contributed by atoms with E-state index in [1.54, 1.807) is 0 Å². The van der Waals surface area contributed by atoms with E-state index in [1.165, 1.54) is 0 Å². The summed E-state index contributed by atoms with van der Waals surface area (Å²) in [6.07, 6.45) is 2.89. The fraction of sp³-hybridized carbons (Fsp3) is 1.00. The summed E-state index contributed by atoms with van der Waals surface area (Å²) in [6.45, 7) is 0.139. The van der Waals surface area contributed by atoms with Crippen LogP contribution in [0.4, 0.5) is 4.39 Å². The number of halogens is 1. The van der Waals surface area contributed by atoms with Crippen molar-refractivity contribution in [2.24, 2.45) is 17.4 Å². The summed E-state index contributed by atoms with van der Waals surface area (Å²) in [5, 5.41) is 0. The molecule has 1 rings (SSSR count). The predicted molar refractivity (Wildman–Crippen MR) is 39.3 cm³/mol. The zero-order valence-electron chi connectivity index (χ0n) is 6.15. The van der Waals surface area contributed by atoms with Crippen molar-refractivity contribution in [1.82, 2.24) is 0 Å². The molecule has 1 aliphatic rings. The number of rotatable bonds is 4. The second-order valence-corrected chi connectivity index (χ2v) is 3.21. The number of hydrogen-bond donors (Lipinski definition) is 2. The first-order chi connectivity index (χ1) is 4.70. The number of hydrogen-bond acceptors (Lipinski definition) is 2. The smallest absolute Gasteiger partial charge is 0.135 e. The van der Waals surface area contributed by atoms with Crippen molar-refractivity contribution in [3.05, 3.63) is 0 Å². The fourth-order valence-electron chi connectivity index (χ4n) is 1.09. The van der Waals surface area contributed by atoms with Crippen LogP contribution >= 0.6 is 0 Å². The van der Waals surface area contributed by atoms with Gasteiger partial charge in [-0.05, 0) is 12.3 Å². The highest BCUT2D eigenvalue weighted by atomic mass is 19.1. The van der Waals surface area contributed by atoms with Gasteiger partial charge in [0.1, 0.15) is 5.67 Å². The van der Waals surface area contributed by atoms with Crippen LogP contribution in [-0.4, -0.2) is 18.8 Å². The van der Waals surface area contributed by atoms with E-state index in [0.29, 0.717) is 12.3 Å². The maximum absolute atomic E-state index is 13.3. The molecule has 0 unspecified atom stereocenters. The molecular formula is C7H15FN2. The Morgan fingerprint density at radius 3 is 2.10 bits per heavy atom. The van der Waals surface area contributed by atoms with Gasteiger partial charge in [-0.15, -0.1) is 0 Å². The van der Waals surface area contributed by atoms with Crippen LogP contribution in [0.1, 0.15) is 19.3 Å². The SMILES string of the molecule is NCC(F)(CN)CC1CC1. The van der Waals surface area contributed by atoms with Crippen molar-refractivity contribution < 1.29 is 4.39 Å². The predicted octanol–water partition coefficient (Wildman–Crippen LogP) is 0.412. The maximum Gasteiger partial charge on any atom is 0.135 e. The highest BCUT2D eigenvalue weighted by Gasteiger charge is 2.34. The zero-order chi connectivity index (χ0) is 7.61. The van der Waals surface area contributed by atoms with Crippen LogP contribution in [0, 0.1) is 5.92 Å². The van der Waals surface area contributed by atoms with E-state index in [4.69, 9.17) is 11.5 Å². The normalized spacial score (nSPS) is 19.5. The Bertz CT molecular complexity index is 108. The van der Waals surface area contributed by atoms with E-state index in [0.717, 1.165) is 12.8 Å². The van der Waals surface area contributed by atoms with Crippen LogP contribution in [0.2, 0.25) is 0 Å². The minimum absolute atomic E-state index is 0.0694. The summed E-state index contributed by atoms with van der Waals surface area (Å²) in [6, 6.07) is 0. The van der Waals surface area contributed by atoms with Crippen LogP contribution in [0.3, 0.4) is 0 Å². The van der Waals surface area contributed by atoms with Gasteiger partial charge in [0.2, 0.25) is 0 Å². The van der Waals surface area contributed by atoms with E-state index in [2.05, 4.69) is 0 Å². The van der Waals surface area contributed by atoms with Gasteiger partial charge < -0.3 is 11.5 Å². The average Bonchev–Trinajstić information content (AvgIpc) is 2.72. The molecule has 0 saturated heterocycles. The molecule has 60 valence electrons. The molecule has 10 heavy (non-hydrogen) atoms. The topological polar surface area (TPSA) is 52.0 Å². The minimum Gasteiger partial charge on any atom is -0.327 e. The lowest BCUT2D eigenvalue weighted by molar-refractivity contribution is 0.161. The van der Waals surface area contributed by atoms with Gasteiger partial charge in [0.15, 0.2) is 0 Å². The van der Waals surface area contributed by atoms with Crippen LogP contribution < -0.4 is 11.5 Å². The molecular weight excluding hydrogens is 131 g/mol. The third-order valence-corrected chi connectivity index (χ3v) is 2.08. The molecule has 0 atom stereocenters. The Morgan fingerprint density at radius 2 is 1.80 bits per heavy atom. The molecule has 0 spiro atoms. The van der Waals surface area contributed by atoms with Crippen molar-refractivity contribution in [2.75, 3.05) is 13.1 Å². The molecule has 1 aliphatic carbocycles. The summed E-state index contributed by atoms with van der Waals surface area (Å²) in [4.78, 5) is 0. The van der Waals surface area contributed by atoms with Gasteiger partial charge in [0, 0.05) is 13.1 Å². The van der Waals surface area contributed by atoms with E-state index in [9.17, 15) is 4.39 Å². The molecule has 0 aliphatic heterocycles. The van der Waals surface area contributed by atoms with Crippen molar-refractivity contribution >= 4 is 0 Å². The number of alkyl halides is 1. The third kappa shape index (κ3) is 1.92. The number of nitrogens with two attached hydrogens (primary N) is 2. The van der Waals surface area contributed by atoms with E-state index >= 15 is 0 Å². The molecule has 4 N–H and O–H groups in total. The lowest BCUT2D eigenvalue weighted by atomic mass is 9.99. The van der Waals surface area contributed by atoms with Crippen LogP contribution in [0.15, 0.2) is 0 Å². The maximum atomic E-state index is 13.3. The lowest BCUT2D eigenvalue weighted by Gasteiger charge is -2.20. The Kier molecular flexibility index (Phi) is 2.26. The van der Waals surface area contributed by atoms with Gasteiger partial charge in [-0.25, -0.2) is 4.39 Å². The van der Waals surface area contributed by atoms with Crippen molar-refractivity contribution in [3.8, 4) is 0 Å². The van der Waals surface area contributed by atoms with E-state index in [-0.39, 0.29) is 13.1 Å². The van der Waals surface area contributed by atoms with Gasteiger partial charge in [-0.1, -0.05) is 12.8 Å². The van der Waals surface area contributed by atoms with Gasteiger partial charge in [-0.2, -0.15) is 0 Å². The van der Waals surface area contributed by atoms with E-state index < -0.39 is 5.67 Å². The highest BCUT2D eigenvalue weighted by Crippen LogP contribution is 2.37. The molecule has 0 amide bonds. The molecule has 0 aromatic carbocycles. The molecule has 1 fully saturated rings. The Morgan fingerprint density at radius 1 is 1.30 bits per heavy atom. The van der Waals surface area contributed by atoms with Crippen molar-refractivity contribution in [3.63, 3.8) is 0 Å². The largest absolute Gasteiger partial charge is 0.327 e. The van der Waals surface area contributed by atoms with Crippen LogP contribution in [-0.2, 0) is 0 Å². The van der Waals surface area contributed by atoms with E-state index in [1.807, 2.05) is 0 Å². The highest BCUT2D eigenvalue weighted by molar-refractivity contribution is 4.88. The summed E-state index contributed by atoms with van der Waals surface area (Å²) in [7, 11) is 0. The quantitative estimate of drug-likeness (QED) is 0.603. The van der Waals surface area contributed by atoms with Crippen LogP contribution in [0.5, 0.6) is 0 Å². The first-order valence-electron chi connectivity index (χ1n) is 3.79. The van der Waals surface area contributed by atoms with Gasteiger partial charge in [0.25, 0.3) is 0 Å².